The van der Waals surface area contributed by atoms with Crippen molar-refractivity contribution in [1.82, 2.24) is 5.48 Å². The topological polar surface area (TPSA) is 38.3 Å². The first-order valence-corrected chi connectivity index (χ1v) is 5.74. The van der Waals surface area contributed by atoms with E-state index in [0.29, 0.717) is 11.5 Å². The van der Waals surface area contributed by atoms with Crippen LogP contribution in [0.4, 0.5) is 0 Å². The average Bonchev–Trinajstić information content (AvgIpc) is 2.84. The summed E-state index contributed by atoms with van der Waals surface area (Å²) in [5.74, 6) is -0.203. The minimum Gasteiger partial charge on any atom is -0.269 e. The molecule has 0 spiro atoms. The van der Waals surface area contributed by atoms with Crippen molar-refractivity contribution in [2.75, 3.05) is 0 Å². The van der Waals surface area contributed by atoms with Gasteiger partial charge in [-0.2, -0.15) is 0 Å². The van der Waals surface area contributed by atoms with E-state index in [9.17, 15) is 4.79 Å². The molecule has 1 amide bonds. The van der Waals surface area contributed by atoms with Crippen LogP contribution in [0.1, 0.15) is 15.2 Å². The standard InChI is InChI=1S/C12H11NO2S/c14-12(11-7-4-8-16-11)13-15-9-10-5-2-1-3-6-10/h1-8H,9H2,(H,13,14). The van der Waals surface area contributed by atoms with E-state index in [4.69, 9.17) is 4.84 Å². The Hall–Kier alpha value is -1.65. The van der Waals surface area contributed by atoms with Gasteiger partial charge in [-0.1, -0.05) is 36.4 Å². The van der Waals surface area contributed by atoms with Crippen molar-refractivity contribution in [2.24, 2.45) is 0 Å². The lowest BCUT2D eigenvalue weighted by Crippen LogP contribution is -2.22. The van der Waals surface area contributed by atoms with Gasteiger partial charge in [-0.25, -0.2) is 5.48 Å². The predicted molar refractivity (Wildman–Crippen MR) is 63.0 cm³/mol. The minimum absolute atomic E-state index is 0.203. The van der Waals surface area contributed by atoms with E-state index in [1.165, 1.54) is 11.3 Å². The molecular formula is C12H11NO2S. The number of hydrogen-bond acceptors (Lipinski definition) is 3. The molecule has 2 rings (SSSR count). The van der Waals surface area contributed by atoms with Gasteiger partial charge < -0.3 is 0 Å². The number of amides is 1. The van der Waals surface area contributed by atoms with E-state index in [-0.39, 0.29) is 5.91 Å². The van der Waals surface area contributed by atoms with E-state index >= 15 is 0 Å². The van der Waals surface area contributed by atoms with Crippen LogP contribution in [0, 0.1) is 0 Å². The quantitative estimate of drug-likeness (QED) is 0.824. The largest absolute Gasteiger partial charge is 0.284 e. The molecule has 82 valence electrons. The summed E-state index contributed by atoms with van der Waals surface area (Å²) in [7, 11) is 0. The molecule has 0 fully saturated rings. The lowest BCUT2D eigenvalue weighted by Gasteiger charge is -2.04. The van der Waals surface area contributed by atoms with Crippen molar-refractivity contribution in [3.63, 3.8) is 0 Å². The van der Waals surface area contributed by atoms with Crippen LogP contribution in [-0.4, -0.2) is 5.91 Å². The van der Waals surface area contributed by atoms with Gasteiger partial charge >= 0.3 is 0 Å². The van der Waals surface area contributed by atoms with E-state index in [1.54, 1.807) is 6.07 Å². The highest BCUT2D eigenvalue weighted by atomic mass is 32.1. The van der Waals surface area contributed by atoms with Gasteiger partial charge in [0.05, 0.1) is 11.5 Å². The predicted octanol–water partition coefficient (Wildman–Crippen LogP) is 2.61. The number of carbonyl (C=O) groups excluding carboxylic acids is 1. The van der Waals surface area contributed by atoms with Gasteiger partial charge in [0.15, 0.2) is 0 Å². The van der Waals surface area contributed by atoms with Gasteiger partial charge in [0, 0.05) is 0 Å². The van der Waals surface area contributed by atoms with Crippen LogP contribution in [0.3, 0.4) is 0 Å². The summed E-state index contributed by atoms with van der Waals surface area (Å²) >= 11 is 1.39. The van der Waals surface area contributed by atoms with Gasteiger partial charge in [0.25, 0.3) is 5.91 Å². The van der Waals surface area contributed by atoms with Crippen molar-refractivity contribution in [2.45, 2.75) is 6.61 Å². The van der Waals surface area contributed by atoms with Crippen molar-refractivity contribution in [3.8, 4) is 0 Å². The molecule has 1 aromatic carbocycles. The Morgan fingerprint density at radius 1 is 1.19 bits per heavy atom. The molecule has 4 heteroatoms. The maximum Gasteiger partial charge on any atom is 0.284 e. The molecule has 16 heavy (non-hydrogen) atoms. The molecular weight excluding hydrogens is 222 g/mol. The second-order valence-electron chi connectivity index (χ2n) is 3.18. The lowest BCUT2D eigenvalue weighted by atomic mass is 10.2. The number of nitrogens with one attached hydrogen (secondary N) is 1. The fourth-order valence-electron chi connectivity index (χ4n) is 1.22. The zero-order valence-electron chi connectivity index (χ0n) is 8.55. The fourth-order valence-corrected chi connectivity index (χ4v) is 1.83. The van der Waals surface area contributed by atoms with Crippen molar-refractivity contribution in [1.29, 1.82) is 0 Å². The third kappa shape index (κ3) is 2.92. The SMILES string of the molecule is O=C(NOCc1ccccc1)c1cccs1. The van der Waals surface area contributed by atoms with Crippen LogP contribution in [0.2, 0.25) is 0 Å². The highest BCUT2D eigenvalue weighted by molar-refractivity contribution is 7.12. The fraction of sp³-hybridized carbons (Fsp3) is 0.0833. The van der Waals surface area contributed by atoms with Crippen molar-refractivity contribution < 1.29 is 9.63 Å². The molecule has 0 atom stereocenters. The smallest absolute Gasteiger partial charge is 0.269 e. The lowest BCUT2D eigenvalue weighted by molar-refractivity contribution is 0.0237. The van der Waals surface area contributed by atoms with Gasteiger partial charge in [-0.3, -0.25) is 9.63 Å². The van der Waals surface area contributed by atoms with Crippen LogP contribution in [-0.2, 0) is 11.4 Å². The zero-order valence-corrected chi connectivity index (χ0v) is 9.37. The third-order valence-electron chi connectivity index (χ3n) is 1.99. The third-order valence-corrected chi connectivity index (χ3v) is 2.86. The van der Waals surface area contributed by atoms with E-state index in [0.717, 1.165) is 5.56 Å². The number of carbonyl (C=O) groups is 1. The molecule has 0 saturated heterocycles. The van der Waals surface area contributed by atoms with Crippen LogP contribution in [0.5, 0.6) is 0 Å². The first-order chi connectivity index (χ1) is 7.86. The highest BCUT2D eigenvalue weighted by Gasteiger charge is 2.05. The Labute approximate surface area is 97.6 Å². The minimum atomic E-state index is -0.203. The number of hydroxylamine groups is 1. The summed E-state index contributed by atoms with van der Waals surface area (Å²) in [5, 5.41) is 1.85. The maximum absolute atomic E-state index is 11.5. The normalized spacial score (nSPS) is 10.0. The molecule has 1 heterocycles. The molecule has 0 aliphatic rings. The Morgan fingerprint density at radius 3 is 2.69 bits per heavy atom. The second-order valence-corrected chi connectivity index (χ2v) is 4.13. The van der Waals surface area contributed by atoms with E-state index in [1.807, 2.05) is 41.8 Å². The zero-order chi connectivity index (χ0) is 11.2. The monoisotopic (exact) mass is 233 g/mol. The van der Waals surface area contributed by atoms with Crippen LogP contribution in [0.15, 0.2) is 47.8 Å². The number of thiophene rings is 1. The molecule has 0 unspecified atom stereocenters. The molecule has 1 N–H and O–H groups in total. The number of benzene rings is 1. The summed E-state index contributed by atoms with van der Waals surface area (Å²) < 4.78 is 0. The van der Waals surface area contributed by atoms with Gasteiger partial charge in [-0.15, -0.1) is 11.3 Å². The molecule has 1 aromatic heterocycles. The maximum atomic E-state index is 11.5. The molecule has 0 radical (unpaired) electrons. The second kappa shape index (κ2) is 5.44. The van der Waals surface area contributed by atoms with Crippen molar-refractivity contribution >= 4 is 17.2 Å². The Kier molecular flexibility index (Phi) is 3.69. The van der Waals surface area contributed by atoms with Crippen LogP contribution >= 0.6 is 11.3 Å². The van der Waals surface area contributed by atoms with Gasteiger partial charge in [0.1, 0.15) is 0 Å². The average molecular weight is 233 g/mol. The Bertz CT molecular complexity index is 439. The number of hydrogen-bond donors (Lipinski definition) is 1. The first kappa shape index (κ1) is 10.9. The van der Waals surface area contributed by atoms with Crippen LogP contribution < -0.4 is 5.48 Å². The van der Waals surface area contributed by atoms with E-state index in [2.05, 4.69) is 5.48 Å². The molecule has 3 nitrogen and oxygen atoms in total. The molecule has 0 aliphatic carbocycles. The Morgan fingerprint density at radius 2 is 2.00 bits per heavy atom. The summed E-state index contributed by atoms with van der Waals surface area (Å²) in [6, 6.07) is 13.3. The number of rotatable bonds is 4. The Balaban J connectivity index is 1.79. The van der Waals surface area contributed by atoms with E-state index < -0.39 is 0 Å². The highest BCUT2D eigenvalue weighted by Crippen LogP contribution is 2.08. The summed E-state index contributed by atoms with van der Waals surface area (Å²) in [5.41, 5.74) is 3.43. The van der Waals surface area contributed by atoms with Gasteiger partial charge in [-0.05, 0) is 17.0 Å². The van der Waals surface area contributed by atoms with Gasteiger partial charge in [0.2, 0.25) is 0 Å². The molecule has 0 bridgehead atoms. The summed E-state index contributed by atoms with van der Waals surface area (Å²) in [6.45, 7) is 0.373. The summed E-state index contributed by atoms with van der Waals surface area (Å²) in [4.78, 5) is 17.2. The van der Waals surface area contributed by atoms with Crippen molar-refractivity contribution in [3.05, 3.63) is 58.3 Å². The molecule has 0 aliphatic heterocycles. The molecule has 2 aromatic rings. The first-order valence-electron chi connectivity index (χ1n) is 4.86. The van der Waals surface area contributed by atoms with Crippen LogP contribution in [0.25, 0.3) is 0 Å². The summed E-state index contributed by atoms with van der Waals surface area (Å²) in [6.07, 6.45) is 0. The molecule has 0 saturated carbocycles.